The predicted molar refractivity (Wildman–Crippen MR) is 66.4 cm³/mol. The van der Waals surface area contributed by atoms with Gasteiger partial charge >= 0.3 is 0 Å². The maximum Gasteiger partial charge on any atom is 0.0991 e. The van der Waals surface area contributed by atoms with Crippen molar-refractivity contribution in [3.63, 3.8) is 0 Å². The fraction of sp³-hybridized carbons (Fsp3) is 0.500. The van der Waals surface area contributed by atoms with Crippen molar-refractivity contribution in [2.24, 2.45) is 0 Å². The number of hydrogen-bond acceptors (Lipinski definition) is 3. The molecule has 1 N–H and O–H groups in total. The van der Waals surface area contributed by atoms with Crippen LogP contribution >= 0.6 is 0 Å². The Kier molecular flexibility index (Phi) is 4.13. The average molecular weight is 230 g/mol. The third-order valence-electron chi connectivity index (χ3n) is 3.18. The molecule has 1 fully saturated rings. The Balaban J connectivity index is 1.71. The van der Waals surface area contributed by atoms with Gasteiger partial charge in [0, 0.05) is 19.2 Å². The highest BCUT2D eigenvalue weighted by atomic mass is 16.5. The molecule has 0 saturated heterocycles. The molecule has 0 atom stereocenters. The molecule has 0 unspecified atom stereocenters. The minimum Gasteiger partial charge on any atom is -0.378 e. The topological polar surface area (TPSA) is 45.0 Å². The van der Waals surface area contributed by atoms with Crippen LogP contribution in [0.25, 0.3) is 0 Å². The van der Waals surface area contributed by atoms with E-state index in [-0.39, 0.29) is 0 Å². The summed E-state index contributed by atoms with van der Waals surface area (Å²) in [7, 11) is 0. The SMILES string of the molecule is CCOC1CC(NCc2ccc(C#N)cc2)C1. The highest BCUT2D eigenvalue weighted by Crippen LogP contribution is 2.23. The molecule has 0 amide bonds. The monoisotopic (exact) mass is 230 g/mol. The molecule has 0 aromatic heterocycles. The van der Waals surface area contributed by atoms with E-state index in [1.807, 2.05) is 31.2 Å². The molecule has 1 aliphatic carbocycles. The van der Waals surface area contributed by atoms with Gasteiger partial charge in [0.2, 0.25) is 0 Å². The Hall–Kier alpha value is -1.37. The van der Waals surface area contributed by atoms with Crippen LogP contribution in [-0.4, -0.2) is 18.8 Å². The molecule has 0 bridgehead atoms. The molecule has 0 heterocycles. The first-order valence-corrected chi connectivity index (χ1v) is 6.16. The lowest BCUT2D eigenvalue weighted by Gasteiger charge is -2.35. The quantitative estimate of drug-likeness (QED) is 0.843. The zero-order chi connectivity index (χ0) is 12.1. The van der Waals surface area contributed by atoms with E-state index in [9.17, 15) is 0 Å². The highest BCUT2D eigenvalue weighted by Gasteiger charge is 2.28. The fourth-order valence-corrected chi connectivity index (χ4v) is 2.06. The maximum absolute atomic E-state index is 8.69. The van der Waals surface area contributed by atoms with E-state index in [1.54, 1.807) is 0 Å². The van der Waals surface area contributed by atoms with Gasteiger partial charge in [-0.15, -0.1) is 0 Å². The van der Waals surface area contributed by atoms with E-state index in [4.69, 9.17) is 10.00 Å². The highest BCUT2D eigenvalue weighted by molar-refractivity contribution is 5.31. The van der Waals surface area contributed by atoms with Gasteiger partial charge in [-0.2, -0.15) is 5.26 Å². The van der Waals surface area contributed by atoms with Crippen molar-refractivity contribution in [3.05, 3.63) is 35.4 Å². The van der Waals surface area contributed by atoms with Crippen LogP contribution in [0.15, 0.2) is 24.3 Å². The fourth-order valence-electron chi connectivity index (χ4n) is 2.06. The van der Waals surface area contributed by atoms with Crippen LogP contribution in [0.2, 0.25) is 0 Å². The molecule has 1 aromatic carbocycles. The summed E-state index contributed by atoms with van der Waals surface area (Å²) in [5, 5.41) is 12.2. The predicted octanol–water partition coefficient (Wildman–Crippen LogP) is 2.22. The minimum absolute atomic E-state index is 0.457. The van der Waals surface area contributed by atoms with Crippen LogP contribution in [0.3, 0.4) is 0 Å². The molecule has 0 radical (unpaired) electrons. The normalized spacial score (nSPS) is 22.8. The molecule has 2 rings (SSSR count). The van der Waals surface area contributed by atoms with Gasteiger partial charge in [0.05, 0.1) is 17.7 Å². The van der Waals surface area contributed by atoms with Crippen molar-refractivity contribution in [1.29, 1.82) is 5.26 Å². The van der Waals surface area contributed by atoms with Gasteiger partial charge in [0.15, 0.2) is 0 Å². The second-order valence-electron chi connectivity index (χ2n) is 4.44. The van der Waals surface area contributed by atoms with E-state index < -0.39 is 0 Å². The van der Waals surface area contributed by atoms with E-state index >= 15 is 0 Å². The Morgan fingerprint density at radius 3 is 2.65 bits per heavy atom. The van der Waals surface area contributed by atoms with Gasteiger partial charge in [0.25, 0.3) is 0 Å². The van der Waals surface area contributed by atoms with E-state index in [0.29, 0.717) is 17.7 Å². The van der Waals surface area contributed by atoms with Crippen molar-refractivity contribution in [3.8, 4) is 6.07 Å². The third kappa shape index (κ3) is 3.29. The molecule has 0 aliphatic heterocycles. The second kappa shape index (κ2) is 5.81. The number of nitrogens with zero attached hydrogens (tertiary/aromatic N) is 1. The molecule has 3 nitrogen and oxygen atoms in total. The molecular formula is C14H18N2O. The summed E-state index contributed by atoms with van der Waals surface area (Å²) in [4.78, 5) is 0. The van der Waals surface area contributed by atoms with Crippen LogP contribution in [0.4, 0.5) is 0 Å². The number of ether oxygens (including phenoxy) is 1. The Bertz CT molecular complexity index is 388. The summed E-state index contributed by atoms with van der Waals surface area (Å²) >= 11 is 0. The molecule has 1 saturated carbocycles. The smallest absolute Gasteiger partial charge is 0.0991 e. The summed E-state index contributed by atoms with van der Waals surface area (Å²) in [6.07, 6.45) is 2.69. The zero-order valence-electron chi connectivity index (χ0n) is 10.1. The third-order valence-corrected chi connectivity index (χ3v) is 3.18. The lowest BCUT2D eigenvalue weighted by molar-refractivity contribution is -0.0102. The van der Waals surface area contributed by atoms with Crippen molar-refractivity contribution in [1.82, 2.24) is 5.32 Å². The van der Waals surface area contributed by atoms with Crippen LogP contribution in [-0.2, 0) is 11.3 Å². The molecular weight excluding hydrogens is 212 g/mol. The lowest BCUT2D eigenvalue weighted by atomic mass is 9.89. The second-order valence-corrected chi connectivity index (χ2v) is 4.44. The molecule has 3 heteroatoms. The molecule has 1 aromatic rings. The Labute approximate surface area is 102 Å². The van der Waals surface area contributed by atoms with Crippen molar-refractivity contribution in [2.75, 3.05) is 6.61 Å². The number of nitrogens with one attached hydrogen (secondary N) is 1. The van der Waals surface area contributed by atoms with Crippen LogP contribution < -0.4 is 5.32 Å². The van der Waals surface area contributed by atoms with Crippen LogP contribution in [0.1, 0.15) is 30.9 Å². The van der Waals surface area contributed by atoms with Crippen molar-refractivity contribution < 1.29 is 4.74 Å². The van der Waals surface area contributed by atoms with Crippen LogP contribution in [0, 0.1) is 11.3 Å². The molecule has 1 aliphatic rings. The summed E-state index contributed by atoms with van der Waals surface area (Å²) < 4.78 is 5.51. The molecule has 0 spiro atoms. The first-order valence-electron chi connectivity index (χ1n) is 6.16. The van der Waals surface area contributed by atoms with Gasteiger partial charge in [-0.25, -0.2) is 0 Å². The van der Waals surface area contributed by atoms with E-state index in [1.165, 1.54) is 5.56 Å². The lowest BCUT2D eigenvalue weighted by Crippen LogP contribution is -2.45. The summed E-state index contributed by atoms with van der Waals surface area (Å²) in [5.41, 5.74) is 1.94. The summed E-state index contributed by atoms with van der Waals surface area (Å²) in [6.45, 7) is 3.72. The first-order chi connectivity index (χ1) is 8.31. The van der Waals surface area contributed by atoms with Gasteiger partial charge in [-0.1, -0.05) is 12.1 Å². The average Bonchev–Trinajstić information content (AvgIpc) is 2.32. The first kappa shape index (κ1) is 12.1. The van der Waals surface area contributed by atoms with Gasteiger partial charge in [-0.05, 0) is 37.5 Å². The summed E-state index contributed by atoms with van der Waals surface area (Å²) in [6, 6.07) is 10.4. The minimum atomic E-state index is 0.457. The number of benzene rings is 1. The standard InChI is InChI=1S/C14H18N2O/c1-2-17-14-7-13(8-14)16-10-12-5-3-11(9-15)4-6-12/h3-6,13-14,16H,2,7-8,10H2,1H3. The molecule has 17 heavy (non-hydrogen) atoms. The number of nitriles is 1. The van der Waals surface area contributed by atoms with E-state index in [2.05, 4.69) is 11.4 Å². The zero-order valence-corrected chi connectivity index (χ0v) is 10.1. The largest absolute Gasteiger partial charge is 0.378 e. The molecule has 90 valence electrons. The maximum atomic E-state index is 8.69. The Morgan fingerprint density at radius 1 is 1.35 bits per heavy atom. The number of rotatable bonds is 5. The van der Waals surface area contributed by atoms with Gasteiger partial charge < -0.3 is 10.1 Å². The van der Waals surface area contributed by atoms with Crippen molar-refractivity contribution in [2.45, 2.75) is 38.5 Å². The van der Waals surface area contributed by atoms with Crippen LogP contribution in [0.5, 0.6) is 0 Å². The summed E-state index contributed by atoms with van der Waals surface area (Å²) in [5.74, 6) is 0. The van der Waals surface area contributed by atoms with E-state index in [0.717, 1.165) is 26.0 Å². The Morgan fingerprint density at radius 2 is 2.06 bits per heavy atom. The van der Waals surface area contributed by atoms with Gasteiger partial charge in [0.1, 0.15) is 0 Å². The van der Waals surface area contributed by atoms with Crippen molar-refractivity contribution >= 4 is 0 Å². The number of hydrogen-bond donors (Lipinski definition) is 1. The van der Waals surface area contributed by atoms with Gasteiger partial charge in [-0.3, -0.25) is 0 Å².